The van der Waals surface area contributed by atoms with Crippen molar-refractivity contribution in [2.75, 3.05) is 13.7 Å². The molecular weight excluding hydrogens is 190 g/mol. The second-order valence-electron chi connectivity index (χ2n) is 4.88. The van der Waals surface area contributed by atoms with Crippen molar-refractivity contribution in [3.63, 3.8) is 0 Å². The summed E-state index contributed by atoms with van der Waals surface area (Å²) in [6.07, 6.45) is 6.00. The Morgan fingerprint density at radius 1 is 1.47 bits per heavy atom. The highest BCUT2D eigenvalue weighted by molar-refractivity contribution is 5.75. The Morgan fingerprint density at radius 2 is 2.07 bits per heavy atom. The van der Waals surface area contributed by atoms with Gasteiger partial charge in [0.2, 0.25) is 0 Å². The summed E-state index contributed by atoms with van der Waals surface area (Å²) in [6.45, 7) is 5.24. The molecule has 1 rings (SSSR count). The van der Waals surface area contributed by atoms with E-state index in [0.717, 1.165) is 13.0 Å². The first-order valence-corrected chi connectivity index (χ1v) is 5.92. The van der Waals surface area contributed by atoms with Crippen LogP contribution in [0.2, 0.25) is 0 Å². The molecule has 0 amide bonds. The molecule has 0 aliphatic heterocycles. The summed E-state index contributed by atoms with van der Waals surface area (Å²) in [5.41, 5.74) is 0.390. The molecular formula is C12H23NO2. The highest BCUT2D eigenvalue weighted by atomic mass is 16.5. The minimum absolute atomic E-state index is 0.132. The maximum atomic E-state index is 11.4. The van der Waals surface area contributed by atoms with Gasteiger partial charge < -0.3 is 10.1 Å². The van der Waals surface area contributed by atoms with Gasteiger partial charge in [-0.1, -0.05) is 26.7 Å². The molecule has 1 saturated carbocycles. The number of methoxy groups -OCH3 is 1. The standard InChI is InChI=1S/C12H23NO2/c1-4-10(11(14)15-3)13-9-12(2)7-5-6-8-12/h10,13H,4-9H2,1-3H3. The summed E-state index contributed by atoms with van der Waals surface area (Å²) in [6, 6.07) is -0.132. The Morgan fingerprint density at radius 3 is 2.53 bits per heavy atom. The lowest BCUT2D eigenvalue weighted by Gasteiger charge is -2.26. The highest BCUT2D eigenvalue weighted by Crippen LogP contribution is 2.36. The van der Waals surface area contributed by atoms with Gasteiger partial charge in [0.1, 0.15) is 6.04 Å². The molecule has 1 unspecified atom stereocenters. The molecule has 88 valence electrons. The Kier molecular flexibility index (Phi) is 4.58. The summed E-state index contributed by atoms with van der Waals surface area (Å²) < 4.78 is 4.75. The molecule has 0 saturated heterocycles. The lowest BCUT2D eigenvalue weighted by Crippen LogP contribution is -2.42. The monoisotopic (exact) mass is 213 g/mol. The van der Waals surface area contributed by atoms with Crippen molar-refractivity contribution in [1.29, 1.82) is 0 Å². The SMILES string of the molecule is CCC(NCC1(C)CCCC1)C(=O)OC. The predicted octanol–water partition coefficient (Wildman–Crippen LogP) is 2.11. The number of hydrogen-bond acceptors (Lipinski definition) is 3. The molecule has 1 N–H and O–H groups in total. The third-order valence-electron chi connectivity index (χ3n) is 3.48. The fourth-order valence-electron chi connectivity index (χ4n) is 2.31. The van der Waals surface area contributed by atoms with Gasteiger partial charge in [-0.2, -0.15) is 0 Å². The van der Waals surface area contributed by atoms with E-state index in [1.54, 1.807) is 0 Å². The fraction of sp³-hybridized carbons (Fsp3) is 0.917. The molecule has 0 aromatic rings. The van der Waals surface area contributed by atoms with Crippen molar-refractivity contribution in [2.24, 2.45) is 5.41 Å². The van der Waals surface area contributed by atoms with Gasteiger partial charge in [-0.3, -0.25) is 4.79 Å². The maximum absolute atomic E-state index is 11.4. The van der Waals surface area contributed by atoms with Gasteiger partial charge in [0.25, 0.3) is 0 Å². The van der Waals surface area contributed by atoms with E-state index in [4.69, 9.17) is 4.74 Å². The van der Waals surface area contributed by atoms with E-state index in [-0.39, 0.29) is 12.0 Å². The van der Waals surface area contributed by atoms with Crippen LogP contribution in [0.1, 0.15) is 46.0 Å². The normalized spacial score (nSPS) is 21.3. The van der Waals surface area contributed by atoms with E-state index >= 15 is 0 Å². The first-order valence-electron chi connectivity index (χ1n) is 5.92. The van der Waals surface area contributed by atoms with E-state index in [1.807, 2.05) is 6.92 Å². The van der Waals surface area contributed by atoms with Crippen LogP contribution in [0.4, 0.5) is 0 Å². The zero-order valence-corrected chi connectivity index (χ0v) is 10.1. The first-order chi connectivity index (χ1) is 7.11. The molecule has 0 bridgehead atoms. The largest absolute Gasteiger partial charge is 0.468 e. The topological polar surface area (TPSA) is 38.3 Å². The van der Waals surface area contributed by atoms with Crippen LogP contribution in [0.3, 0.4) is 0 Å². The van der Waals surface area contributed by atoms with Crippen molar-refractivity contribution in [1.82, 2.24) is 5.32 Å². The van der Waals surface area contributed by atoms with Crippen LogP contribution < -0.4 is 5.32 Å². The summed E-state index contributed by atoms with van der Waals surface area (Å²) in [5, 5.41) is 3.33. The molecule has 1 aliphatic rings. The molecule has 0 heterocycles. The Bertz CT molecular complexity index is 210. The van der Waals surface area contributed by atoms with Gasteiger partial charge in [0.15, 0.2) is 0 Å². The molecule has 1 atom stereocenters. The molecule has 0 radical (unpaired) electrons. The van der Waals surface area contributed by atoms with Gasteiger partial charge >= 0.3 is 5.97 Å². The predicted molar refractivity (Wildman–Crippen MR) is 60.7 cm³/mol. The molecule has 0 aromatic carbocycles. The Hall–Kier alpha value is -0.570. The van der Waals surface area contributed by atoms with Crippen LogP contribution in [0.15, 0.2) is 0 Å². The van der Waals surface area contributed by atoms with Gasteiger partial charge in [-0.15, -0.1) is 0 Å². The number of esters is 1. The smallest absolute Gasteiger partial charge is 0.322 e. The van der Waals surface area contributed by atoms with Crippen LogP contribution in [-0.4, -0.2) is 25.7 Å². The summed E-state index contributed by atoms with van der Waals surface area (Å²) in [7, 11) is 1.45. The molecule has 3 nitrogen and oxygen atoms in total. The molecule has 1 aliphatic carbocycles. The van der Waals surface area contributed by atoms with Crippen LogP contribution in [0.25, 0.3) is 0 Å². The zero-order chi connectivity index (χ0) is 11.3. The number of carbonyl (C=O) groups is 1. The molecule has 3 heteroatoms. The van der Waals surface area contributed by atoms with Crippen molar-refractivity contribution >= 4 is 5.97 Å². The highest BCUT2D eigenvalue weighted by Gasteiger charge is 2.29. The number of ether oxygens (including phenoxy) is 1. The van der Waals surface area contributed by atoms with Crippen LogP contribution in [-0.2, 0) is 9.53 Å². The number of nitrogens with one attached hydrogen (secondary N) is 1. The van der Waals surface area contributed by atoms with Crippen LogP contribution in [0, 0.1) is 5.41 Å². The molecule has 0 aromatic heterocycles. The van der Waals surface area contributed by atoms with E-state index < -0.39 is 0 Å². The van der Waals surface area contributed by atoms with Crippen molar-refractivity contribution < 1.29 is 9.53 Å². The van der Waals surface area contributed by atoms with Crippen LogP contribution in [0.5, 0.6) is 0 Å². The molecule has 1 fully saturated rings. The van der Waals surface area contributed by atoms with E-state index in [2.05, 4.69) is 12.2 Å². The van der Waals surface area contributed by atoms with E-state index in [0.29, 0.717) is 5.41 Å². The first kappa shape index (κ1) is 12.5. The Labute approximate surface area is 92.6 Å². The average molecular weight is 213 g/mol. The van der Waals surface area contributed by atoms with Crippen molar-refractivity contribution in [3.8, 4) is 0 Å². The van der Waals surface area contributed by atoms with Crippen molar-refractivity contribution in [2.45, 2.75) is 52.0 Å². The third-order valence-corrected chi connectivity index (χ3v) is 3.48. The Balaban J connectivity index is 2.36. The maximum Gasteiger partial charge on any atom is 0.322 e. The number of rotatable bonds is 5. The van der Waals surface area contributed by atoms with Gasteiger partial charge in [0.05, 0.1) is 7.11 Å². The van der Waals surface area contributed by atoms with E-state index in [9.17, 15) is 4.79 Å². The van der Waals surface area contributed by atoms with E-state index in [1.165, 1.54) is 32.8 Å². The van der Waals surface area contributed by atoms with Gasteiger partial charge in [-0.05, 0) is 24.7 Å². The third kappa shape index (κ3) is 3.49. The minimum Gasteiger partial charge on any atom is -0.468 e. The lowest BCUT2D eigenvalue weighted by molar-refractivity contribution is -0.143. The number of carbonyl (C=O) groups excluding carboxylic acids is 1. The van der Waals surface area contributed by atoms with Crippen molar-refractivity contribution in [3.05, 3.63) is 0 Å². The van der Waals surface area contributed by atoms with Gasteiger partial charge in [0, 0.05) is 6.54 Å². The molecule has 15 heavy (non-hydrogen) atoms. The summed E-state index contributed by atoms with van der Waals surface area (Å²) >= 11 is 0. The quantitative estimate of drug-likeness (QED) is 0.711. The van der Waals surface area contributed by atoms with Gasteiger partial charge in [-0.25, -0.2) is 0 Å². The van der Waals surface area contributed by atoms with Crippen LogP contribution >= 0.6 is 0 Å². The zero-order valence-electron chi connectivity index (χ0n) is 10.1. The number of hydrogen-bond donors (Lipinski definition) is 1. The minimum atomic E-state index is -0.140. The summed E-state index contributed by atoms with van der Waals surface area (Å²) in [5.74, 6) is -0.140. The second kappa shape index (κ2) is 5.50. The average Bonchev–Trinajstić information content (AvgIpc) is 2.66. The second-order valence-corrected chi connectivity index (χ2v) is 4.88. The molecule has 0 spiro atoms. The summed E-state index contributed by atoms with van der Waals surface area (Å²) in [4.78, 5) is 11.4. The fourth-order valence-corrected chi connectivity index (χ4v) is 2.31. The lowest BCUT2D eigenvalue weighted by atomic mass is 9.88.